The highest BCUT2D eigenvalue weighted by atomic mass is 16.5. The molecule has 2 heterocycles. The van der Waals surface area contributed by atoms with Crippen molar-refractivity contribution in [3.05, 3.63) is 30.1 Å². The second-order valence-electron chi connectivity index (χ2n) is 3.84. The highest BCUT2D eigenvalue weighted by Crippen LogP contribution is 2.25. The highest BCUT2D eigenvalue weighted by molar-refractivity contribution is 5.10. The van der Waals surface area contributed by atoms with Gasteiger partial charge in [-0.2, -0.15) is 5.26 Å². The summed E-state index contributed by atoms with van der Waals surface area (Å²) < 4.78 is 5.06. The van der Waals surface area contributed by atoms with E-state index in [1.807, 2.05) is 12.1 Å². The van der Waals surface area contributed by atoms with Crippen molar-refractivity contribution in [2.75, 3.05) is 19.8 Å². The summed E-state index contributed by atoms with van der Waals surface area (Å²) in [7, 11) is 0. The van der Waals surface area contributed by atoms with Gasteiger partial charge in [-0.25, -0.2) is 0 Å². The lowest BCUT2D eigenvalue weighted by Crippen LogP contribution is -2.48. The summed E-state index contributed by atoms with van der Waals surface area (Å²) in [6.45, 7) is 2.55. The molecule has 2 rings (SSSR count). The number of aromatic nitrogens is 1. The van der Waals surface area contributed by atoms with Crippen LogP contribution in [-0.2, 0) is 11.3 Å². The van der Waals surface area contributed by atoms with Crippen molar-refractivity contribution in [2.45, 2.75) is 6.54 Å². The van der Waals surface area contributed by atoms with Gasteiger partial charge in [0, 0.05) is 25.5 Å². The quantitative estimate of drug-likeness (QED) is 0.783. The van der Waals surface area contributed by atoms with Gasteiger partial charge in [-0.1, -0.05) is 0 Å². The van der Waals surface area contributed by atoms with Crippen LogP contribution in [0.5, 0.6) is 0 Å². The topological polar surface area (TPSA) is 57.9 Å². The minimum atomic E-state index is -0.299. The Balaban J connectivity index is 1.78. The minimum Gasteiger partial charge on any atom is -0.378 e. The Morgan fingerprint density at radius 1 is 1.47 bits per heavy atom. The van der Waals surface area contributed by atoms with Gasteiger partial charge in [-0.3, -0.25) is 4.98 Å². The molecule has 15 heavy (non-hydrogen) atoms. The van der Waals surface area contributed by atoms with E-state index in [1.54, 1.807) is 12.4 Å². The Bertz CT molecular complexity index is 354. The van der Waals surface area contributed by atoms with E-state index in [1.165, 1.54) is 5.56 Å². The summed E-state index contributed by atoms with van der Waals surface area (Å²) in [6, 6.07) is 6.22. The van der Waals surface area contributed by atoms with Crippen molar-refractivity contribution in [1.29, 1.82) is 5.26 Å². The Morgan fingerprint density at radius 3 is 2.73 bits per heavy atom. The summed E-state index contributed by atoms with van der Waals surface area (Å²) >= 11 is 0. The molecule has 0 saturated carbocycles. The maximum atomic E-state index is 8.95. The molecule has 1 aliphatic rings. The second kappa shape index (κ2) is 4.39. The first-order valence-corrected chi connectivity index (χ1v) is 4.93. The summed E-state index contributed by atoms with van der Waals surface area (Å²) in [5.41, 5.74) is 0.880. The summed E-state index contributed by atoms with van der Waals surface area (Å²) in [5, 5.41) is 12.2. The molecule has 0 amide bonds. The van der Waals surface area contributed by atoms with Crippen LogP contribution in [0.3, 0.4) is 0 Å². The molecule has 1 aromatic heterocycles. The number of hydrogen-bond donors (Lipinski definition) is 1. The molecule has 0 aliphatic carbocycles. The molecule has 1 fully saturated rings. The zero-order valence-corrected chi connectivity index (χ0v) is 8.44. The predicted octanol–water partition coefficient (Wildman–Crippen LogP) is 0.711. The number of hydrogen-bond acceptors (Lipinski definition) is 4. The number of pyridine rings is 1. The fourth-order valence-electron chi connectivity index (χ4n) is 1.50. The smallest absolute Gasteiger partial charge is 0.116 e. The van der Waals surface area contributed by atoms with Crippen molar-refractivity contribution in [3.63, 3.8) is 0 Å². The number of nitrogens with one attached hydrogen (secondary N) is 1. The Hall–Kier alpha value is -1.44. The van der Waals surface area contributed by atoms with Crippen molar-refractivity contribution < 1.29 is 4.74 Å². The van der Waals surface area contributed by atoms with E-state index in [2.05, 4.69) is 16.4 Å². The van der Waals surface area contributed by atoms with Gasteiger partial charge in [0.25, 0.3) is 0 Å². The van der Waals surface area contributed by atoms with Crippen LogP contribution in [0, 0.1) is 16.7 Å². The van der Waals surface area contributed by atoms with Gasteiger partial charge in [-0.15, -0.1) is 0 Å². The van der Waals surface area contributed by atoms with Crippen molar-refractivity contribution >= 4 is 0 Å². The molecule has 4 nitrogen and oxygen atoms in total. The Kier molecular flexibility index (Phi) is 2.95. The summed E-state index contributed by atoms with van der Waals surface area (Å²) in [5.74, 6) is 0. The average molecular weight is 203 g/mol. The first kappa shape index (κ1) is 10.1. The molecule has 0 aromatic carbocycles. The van der Waals surface area contributed by atoms with E-state index >= 15 is 0 Å². The normalized spacial score (nSPS) is 17.8. The lowest BCUT2D eigenvalue weighted by Gasteiger charge is -2.35. The Labute approximate surface area is 88.9 Å². The predicted molar refractivity (Wildman–Crippen MR) is 54.8 cm³/mol. The Morgan fingerprint density at radius 2 is 2.20 bits per heavy atom. The SMILES string of the molecule is N#CC1(CNCc2ccncc2)COC1. The third-order valence-corrected chi connectivity index (χ3v) is 2.54. The lowest BCUT2D eigenvalue weighted by molar-refractivity contribution is -0.0755. The molecule has 4 heteroatoms. The van der Waals surface area contributed by atoms with E-state index < -0.39 is 0 Å². The van der Waals surface area contributed by atoms with Crippen LogP contribution < -0.4 is 5.32 Å². The zero-order valence-electron chi connectivity index (χ0n) is 8.44. The molecule has 1 saturated heterocycles. The van der Waals surface area contributed by atoms with Crippen LogP contribution in [-0.4, -0.2) is 24.7 Å². The third kappa shape index (κ3) is 2.32. The average Bonchev–Trinajstić information content (AvgIpc) is 2.24. The second-order valence-corrected chi connectivity index (χ2v) is 3.84. The number of ether oxygens (including phenoxy) is 1. The van der Waals surface area contributed by atoms with Crippen molar-refractivity contribution in [1.82, 2.24) is 10.3 Å². The van der Waals surface area contributed by atoms with Crippen LogP contribution in [0.2, 0.25) is 0 Å². The molecule has 1 aliphatic heterocycles. The largest absolute Gasteiger partial charge is 0.378 e. The van der Waals surface area contributed by atoms with E-state index in [4.69, 9.17) is 10.00 Å². The fraction of sp³-hybridized carbons (Fsp3) is 0.455. The van der Waals surface area contributed by atoms with E-state index in [-0.39, 0.29) is 5.41 Å². The first-order chi connectivity index (χ1) is 7.35. The van der Waals surface area contributed by atoms with Crippen molar-refractivity contribution in [2.24, 2.45) is 5.41 Å². The van der Waals surface area contributed by atoms with Gasteiger partial charge in [-0.05, 0) is 17.7 Å². The summed E-state index contributed by atoms with van der Waals surface area (Å²) in [6.07, 6.45) is 3.53. The van der Waals surface area contributed by atoms with Gasteiger partial charge >= 0.3 is 0 Å². The zero-order chi connectivity index (χ0) is 10.6. The maximum Gasteiger partial charge on any atom is 0.116 e. The van der Waals surface area contributed by atoms with Crippen LogP contribution in [0.25, 0.3) is 0 Å². The molecular formula is C11H13N3O. The van der Waals surface area contributed by atoms with Crippen molar-refractivity contribution in [3.8, 4) is 6.07 Å². The van der Waals surface area contributed by atoms with Crippen LogP contribution in [0.15, 0.2) is 24.5 Å². The van der Waals surface area contributed by atoms with Gasteiger partial charge in [0.1, 0.15) is 5.41 Å². The van der Waals surface area contributed by atoms with Gasteiger partial charge in [0.15, 0.2) is 0 Å². The van der Waals surface area contributed by atoms with Crippen LogP contribution in [0.1, 0.15) is 5.56 Å². The lowest BCUT2D eigenvalue weighted by atomic mass is 9.88. The molecule has 0 radical (unpaired) electrons. The molecule has 0 atom stereocenters. The molecule has 78 valence electrons. The third-order valence-electron chi connectivity index (χ3n) is 2.54. The van der Waals surface area contributed by atoms with Gasteiger partial charge in [0.05, 0.1) is 19.3 Å². The first-order valence-electron chi connectivity index (χ1n) is 4.93. The monoisotopic (exact) mass is 203 g/mol. The molecule has 0 spiro atoms. The van der Waals surface area contributed by atoms with Crippen LogP contribution in [0.4, 0.5) is 0 Å². The standard InChI is InChI=1S/C11H13N3O/c12-6-11(8-15-9-11)7-14-5-10-1-3-13-4-2-10/h1-4,14H,5,7-9H2. The molecular weight excluding hydrogens is 190 g/mol. The van der Waals surface area contributed by atoms with Crippen LogP contribution >= 0.6 is 0 Å². The number of nitrogens with zero attached hydrogens (tertiary/aromatic N) is 2. The summed E-state index contributed by atoms with van der Waals surface area (Å²) in [4.78, 5) is 3.95. The molecule has 0 bridgehead atoms. The highest BCUT2D eigenvalue weighted by Gasteiger charge is 2.38. The van der Waals surface area contributed by atoms with Gasteiger partial charge < -0.3 is 10.1 Å². The van der Waals surface area contributed by atoms with E-state index in [0.717, 1.165) is 6.54 Å². The minimum absolute atomic E-state index is 0.299. The number of nitriles is 1. The molecule has 1 aromatic rings. The number of rotatable bonds is 4. The fourth-order valence-corrected chi connectivity index (χ4v) is 1.50. The molecule has 1 N–H and O–H groups in total. The molecule has 0 unspecified atom stereocenters. The maximum absolute atomic E-state index is 8.95. The van der Waals surface area contributed by atoms with Gasteiger partial charge in [0.2, 0.25) is 0 Å². The van der Waals surface area contributed by atoms with E-state index in [0.29, 0.717) is 19.8 Å². The van der Waals surface area contributed by atoms with E-state index in [9.17, 15) is 0 Å².